The van der Waals surface area contributed by atoms with Crippen molar-refractivity contribution in [2.75, 3.05) is 6.54 Å². The second kappa shape index (κ2) is 7.33. The topological polar surface area (TPSA) is 59.5 Å². The Morgan fingerprint density at radius 1 is 1.27 bits per heavy atom. The Labute approximate surface area is 164 Å². The highest BCUT2D eigenvalue weighted by Crippen LogP contribution is 2.24. The van der Waals surface area contributed by atoms with Crippen molar-refractivity contribution in [3.8, 4) is 5.69 Å². The summed E-state index contributed by atoms with van der Waals surface area (Å²) in [6.45, 7) is 1.23. The minimum Gasteiger partial charge on any atom is -0.470 e. The average Bonchev–Trinajstić information content (AvgIpc) is 3.16. The number of halogens is 1. The lowest BCUT2D eigenvalue weighted by Gasteiger charge is -2.14. The number of nitrogens with zero attached hydrogens (tertiary/aromatic N) is 2. The van der Waals surface area contributed by atoms with Gasteiger partial charge in [-0.3, -0.25) is 14.4 Å². The van der Waals surface area contributed by atoms with Gasteiger partial charge in [0.25, 0.3) is 5.56 Å². The van der Waals surface area contributed by atoms with Gasteiger partial charge in [-0.15, -0.1) is 0 Å². The van der Waals surface area contributed by atoms with Crippen LogP contribution in [-0.4, -0.2) is 17.3 Å². The molecular formula is C20H16IN3O2. The van der Waals surface area contributed by atoms with Gasteiger partial charge in [0.1, 0.15) is 6.26 Å². The molecule has 0 unspecified atom stereocenters. The third kappa shape index (κ3) is 3.50. The van der Waals surface area contributed by atoms with E-state index in [4.69, 9.17) is 4.42 Å². The van der Waals surface area contributed by atoms with E-state index in [1.54, 1.807) is 35.4 Å². The molecule has 0 spiro atoms. The molecule has 0 atom stereocenters. The van der Waals surface area contributed by atoms with Crippen LogP contribution in [-0.2, 0) is 6.54 Å². The van der Waals surface area contributed by atoms with Gasteiger partial charge in [0.15, 0.2) is 0 Å². The van der Waals surface area contributed by atoms with Crippen LogP contribution >= 0.6 is 22.6 Å². The van der Waals surface area contributed by atoms with E-state index in [2.05, 4.69) is 51.1 Å². The molecule has 1 aromatic carbocycles. The third-order valence-corrected chi connectivity index (χ3v) is 4.88. The second-order valence-electron chi connectivity index (χ2n) is 5.98. The van der Waals surface area contributed by atoms with Crippen LogP contribution in [0.25, 0.3) is 11.3 Å². The molecule has 0 amide bonds. The lowest BCUT2D eigenvalue weighted by atomic mass is 9.99. The molecular weight excluding hydrogens is 441 g/mol. The summed E-state index contributed by atoms with van der Waals surface area (Å²) in [5.74, 6) is 0. The fraction of sp³-hybridized carbons (Fsp3) is 0.100. The molecule has 2 aromatic heterocycles. The number of hydrogen-bond acceptors (Lipinski definition) is 4. The lowest BCUT2D eigenvalue weighted by molar-refractivity contribution is 0.565. The number of hydrogen-bond donors (Lipinski definition) is 1. The van der Waals surface area contributed by atoms with Crippen LogP contribution in [0.2, 0.25) is 0 Å². The van der Waals surface area contributed by atoms with Crippen molar-refractivity contribution in [1.29, 1.82) is 0 Å². The van der Waals surface area contributed by atoms with Crippen molar-refractivity contribution >= 4 is 34.4 Å². The van der Waals surface area contributed by atoms with Gasteiger partial charge >= 0.3 is 0 Å². The Morgan fingerprint density at radius 2 is 2.19 bits per heavy atom. The standard InChI is InChI=1S/C20H16IN3O2/c21-17-2-1-15-10-23-12-16(19(15)8-17)11-22-9-14-3-5-24(20(25)7-14)18-4-6-26-13-18/h1-8,10-11,13,22H,9,12H2/b16-11+. The van der Waals surface area contributed by atoms with Gasteiger partial charge in [0.05, 0.1) is 18.5 Å². The molecule has 5 nitrogen and oxygen atoms in total. The van der Waals surface area contributed by atoms with E-state index in [1.807, 2.05) is 18.5 Å². The summed E-state index contributed by atoms with van der Waals surface area (Å²) >= 11 is 2.32. The molecule has 6 heteroatoms. The van der Waals surface area contributed by atoms with Gasteiger partial charge in [0, 0.05) is 40.9 Å². The Morgan fingerprint density at radius 3 is 3.00 bits per heavy atom. The molecule has 130 valence electrons. The molecule has 1 aliphatic rings. The number of rotatable bonds is 4. The first-order valence-corrected chi connectivity index (χ1v) is 9.25. The van der Waals surface area contributed by atoms with E-state index in [-0.39, 0.29) is 5.56 Å². The minimum absolute atomic E-state index is 0.0829. The second-order valence-corrected chi connectivity index (χ2v) is 7.22. The molecule has 1 aliphatic heterocycles. The number of furan rings is 1. The molecule has 26 heavy (non-hydrogen) atoms. The maximum Gasteiger partial charge on any atom is 0.255 e. The highest BCUT2D eigenvalue weighted by atomic mass is 127. The molecule has 0 aliphatic carbocycles. The van der Waals surface area contributed by atoms with E-state index in [0.717, 1.165) is 22.4 Å². The summed E-state index contributed by atoms with van der Waals surface area (Å²) in [6.07, 6.45) is 8.77. The summed E-state index contributed by atoms with van der Waals surface area (Å²) < 4.78 is 7.79. The number of nitrogens with one attached hydrogen (secondary N) is 1. The van der Waals surface area contributed by atoms with Crippen molar-refractivity contribution in [3.05, 3.63) is 91.9 Å². The van der Waals surface area contributed by atoms with Crippen LogP contribution in [0.15, 0.2) is 75.5 Å². The zero-order valence-corrected chi connectivity index (χ0v) is 16.0. The largest absolute Gasteiger partial charge is 0.470 e. The SMILES string of the molecule is O=c1cc(CN/C=C2\CN=Cc3ccc(I)cc32)ccn1-c1ccoc1. The van der Waals surface area contributed by atoms with Crippen molar-refractivity contribution in [1.82, 2.24) is 9.88 Å². The van der Waals surface area contributed by atoms with E-state index in [9.17, 15) is 4.79 Å². The van der Waals surface area contributed by atoms with Gasteiger partial charge in [-0.2, -0.15) is 0 Å². The summed E-state index contributed by atoms with van der Waals surface area (Å²) in [4.78, 5) is 16.7. The van der Waals surface area contributed by atoms with Crippen LogP contribution < -0.4 is 10.9 Å². The normalized spacial score (nSPS) is 14.4. The Hall–Kier alpha value is -2.61. The maximum absolute atomic E-state index is 12.3. The monoisotopic (exact) mass is 457 g/mol. The van der Waals surface area contributed by atoms with Gasteiger partial charge < -0.3 is 9.73 Å². The summed E-state index contributed by atoms with van der Waals surface area (Å²) in [5.41, 5.74) is 5.05. The lowest BCUT2D eigenvalue weighted by Crippen LogP contribution is -2.18. The summed E-state index contributed by atoms with van der Waals surface area (Å²) in [5, 5.41) is 3.31. The number of aromatic nitrogens is 1. The van der Waals surface area contributed by atoms with Crippen molar-refractivity contribution in [3.63, 3.8) is 0 Å². The predicted molar refractivity (Wildman–Crippen MR) is 111 cm³/mol. The van der Waals surface area contributed by atoms with E-state index in [1.165, 1.54) is 9.13 Å². The van der Waals surface area contributed by atoms with Crippen molar-refractivity contribution in [2.45, 2.75) is 6.54 Å². The number of benzene rings is 1. The Kier molecular flexibility index (Phi) is 4.75. The molecule has 3 aromatic rings. The fourth-order valence-electron chi connectivity index (χ4n) is 2.90. The first kappa shape index (κ1) is 16.8. The van der Waals surface area contributed by atoms with Crippen LogP contribution in [0.3, 0.4) is 0 Å². The van der Waals surface area contributed by atoms with Crippen LogP contribution in [0.1, 0.15) is 16.7 Å². The highest BCUT2D eigenvalue weighted by molar-refractivity contribution is 14.1. The number of fused-ring (bicyclic) bond motifs is 1. The fourth-order valence-corrected chi connectivity index (χ4v) is 3.39. The predicted octanol–water partition coefficient (Wildman–Crippen LogP) is 3.60. The molecule has 3 heterocycles. The number of aliphatic imine (C=N–C) groups is 1. The minimum atomic E-state index is -0.0829. The van der Waals surface area contributed by atoms with Gasteiger partial charge in [0.2, 0.25) is 0 Å². The molecule has 4 rings (SSSR count). The van der Waals surface area contributed by atoms with E-state index < -0.39 is 0 Å². The van der Waals surface area contributed by atoms with Gasteiger partial charge in [-0.1, -0.05) is 6.07 Å². The molecule has 1 N–H and O–H groups in total. The first-order chi connectivity index (χ1) is 12.7. The van der Waals surface area contributed by atoms with Crippen LogP contribution in [0.4, 0.5) is 0 Å². The third-order valence-electron chi connectivity index (χ3n) is 4.20. The van der Waals surface area contributed by atoms with Crippen LogP contribution in [0, 0.1) is 3.57 Å². The van der Waals surface area contributed by atoms with Crippen molar-refractivity contribution in [2.24, 2.45) is 4.99 Å². The smallest absolute Gasteiger partial charge is 0.255 e. The maximum atomic E-state index is 12.3. The molecule has 0 saturated carbocycles. The van der Waals surface area contributed by atoms with Crippen molar-refractivity contribution < 1.29 is 4.42 Å². The van der Waals surface area contributed by atoms with Crippen LogP contribution in [0.5, 0.6) is 0 Å². The molecule has 0 bridgehead atoms. The zero-order valence-electron chi connectivity index (χ0n) is 13.9. The van der Waals surface area contributed by atoms with E-state index >= 15 is 0 Å². The van der Waals surface area contributed by atoms with E-state index in [0.29, 0.717) is 13.1 Å². The summed E-state index contributed by atoms with van der Waals surface area (Å²) in [7, 11) is 0. The van der Waals surface area contributed by atoms with Gasteiger partial charge in [-0.05, 0) is 63.1 Å². The average molecular weight is 457 g/mol. The quantitative estimate of drug-likeness (QED) is 0.610. The summed E-state index contributed by atoms with van der Waals surface area (Å²) in [6, 6.07) is 11.6. The Balaban J connectivity index is 1.50. The number of pyridine rings is 1. The first-order valence-electron chi connectivity index (χ1n) is 8.17. The molecule has 0 fully saturated rings. The molecule has 0 saturated heterocycles. The zero-order chi connectivity index (χ0) is 17.9. The molecule has 0 radical (unpaired) electrons. The Bertz CT molecular complexity index is 1050. The van der Waals surface area contributed by atoms with Gasteiger partial charge in [-0.25, -0.2) is 0 Å². The highest BCUT2D eigenvalue weighted by Gasteiger charge is 2.11.